The van der Waals surface area contributed by atoms with Crippen LogP contribution >= 0.6 is 0 Å². The number of nitrogens with zero attached hydrogens (tertiary/aromatic N) is 2. The maximum absolute atomic E-state index is 12.4. The molecular weight excluding hydrogens is 390 g/mol. The van der Waals surface area contributed by atoms with E-state index < -0.39 is 11.9 Å². The molecular formula is C20H29N5O5. The monoisotopic (exact) mass is 419 g/mol. The molecule has 2 heterocycles. The number of rotatable bonds is 8. The largest absolute Gasteiger partial charge is 0.359 e. The molecule has 5 amide bonds. The van der Waals surface area contributed by atoms with Crippen LogP contribution < -0.4 is 16.0 Å². The van der Waals surface area contributed by atoms with E-state index in [4.69, 9.17) is 4.52 Å². The number of hydrogen-bond donors (Lipinski definition) is 3. The van der Waals surface area contributed by atoms with E-state index in [-0.39, 0.29) is 36.9 Å². The van der Waals surface area contributed by atoms with Crippen molar-refractivity contribution < 1.29 is 23.7 Å². The standard InChI is InChI=1S/C20H29N5O5/c1-12(2)7-15-8-16(30-24-15)9-21-19(28)13-3-5-14(6-4-13)23-17(26)11-25-18(27)10-22-20(25)29/h8,12-14H,3-7,9-11H2,1-2H3,(H,21,28)(H,22,29)(H,23,26). The second-order valence-electron chi connectivity index (χ2n) is 8.35. The number of nitrogens with one attached hydrogen (secondary N) is 3. The first-order valence-corrected chi connectivity index (χ1v) is 10.4. The van der Waals surface area contributed by atoms with Gasteiger partial charge in [-0.3, -0.25) is 19.3 Å². The molecule has 1 aromatic heterocycles. The lowest BCUT2D eigenvalue weighted by Crippen LogP contribution is -2.46. The van der Waals surface area contributed by atoms with Crippen LogP contribution in [0, 0.1) is 11.8 Å². The molecule has 0 radical (unpaired) electrons. The molecule has 1 saturated carbocycles. The molecule has 1 saturated heterocycles. The predicted molar refractivity (Wildman–Crippen MR) is 106 cm³/mol. The van der Waals surface area contributed by atoms with Gasteiger partial charge in [0.15, 0.2) is 5.76 Å². The molecule has 10 nitrogen and oxygen atoms in total. The van der Waals surface area contributed by atoms with Crippen molar-refractivity contribution in [3.63, 3.8) is 0 Å². The van der Waals surface area contributed by atoms with E-state index in [0.29, 0.717) is 43.9 Å². The Labute approximate surface area is 175 Å². The van der Waals surface area contributed by atoms with Crippen LogP contribution in [0.4, 0.5) is 4.79 Å². The average Bonchev–Trinajstić information content (AvgIpc) is 3.27. The summed E-state index contributed by atoms with van der Waals surface area (Å²) in [5.41, 5.74) is 0.888. The molecule has 0 spiro atoms. The number of aromatic nitrogens is 1. The molecule has 1 aliphatic heterocycles. The lowest BCUT2D eigenvalue weighted by Gasteiger charge is -2.28. The van der Waals surface area contributed by atoms with Crippen LogP contribution in [0.2, 0.25) is 0 Å². The topological polar surface area (TPSA) is 134 Å². The van der Waals surface area contributed by atoms with E-state index in [1.54, 1.807) is 0 Å². The van der Waals surface area contributed by atoms with Gasteiger partial charge in [0, 0.05) is 18.0 Å². The molecule has 164 valence electrons. The van der Waals surface area contributed by atoms with Crippen molar-refractivity contribution in [1.29, 1.82) is 0 Å². The summed E-state index contributed by atoms with van der Waals surface area (Å²) in [5, 5.41) is 12.2. The molecule has 1 aliphatic carbocycles. The molecule has 2 aliphatic rings. The Hall–Kier alpha value is -2.91. The summed E-state index contributed by atoms with van der Waals surface area (Å²) < 4.78 is 5.27. The summed E-state index contributed by atoms with van der Waals surface area (Å²) in [7, 11) is 0. The average molecular weight is 419 g/mol. The van der Waals surface area contributed by atoms with Crippen molar-refractivity contribution in [1.82, 2.24) is 26.0 Å². The van der Waals surface area contributed by atoms with Gasteiger partial charge in [-0.2, -0.15) is 0 Å². The van der Waals surface area contributed by atoms with E-state index in [2.05, 4.69) is 35.0 Å². The first-order valence-electron chi connectivity index (χ1n) is 10.4. The third-order valence-electron chi connectivity index (χ3n) is 5.36. The Morgan fingerprint density at radius 1 is 1.27 bits per heavy atom. The normalized spacial score (nSPS) is 21.6. The third kappa shape index (κ3) is 5.80. The molecule has 10 heteroatoms. The number of urea groups is 1. The summed E-state index contributed by atoms with van der Waals surface area (Å²) in [5.74, 6) is 0.221. The van der Waals surface area contributed by atoms with Crippen LogP contribution in [0.3, 0.4) is 0 Å². The molecule has 0 atom stereocenters. The minimum Gasteiger partial charge on any atom is -0.359 e. The Balaban J connectivity index is 1.36. The molecule has 2 fully saturated rings. The number of hydrogen-bond acceptors (Lipinski definition) is 6. The zero-order chi connectivity index (χ0) is 21.7. The Kier molecular flexibility index (Phi) is 7.07. The van der Waals surface area contributed by atoms with Gasteiger partial charge in [-0.05, 0) is 38.0 Å². The number of carbonyl (C=O) groups excluding carboxylic acids is 4. The summed E-state index contributed by atoms with van der Waals surface area (Å²) in [6.07, 6.45) is 3.50. The second kappa shape index (κ2) is 9.73. The number of imide groups is 1. The lowest BCUT2D eigenvalue weighted by atomic mass is 9.85. The predicted octanol–water partition coefficient (Wildman–Crippen LogP) is 0.716. The van der Waals surface area contributed by atoms with E-state index in [1.165, 1.54) is 0 Å². The quantitative estimate of drug-likeness (QED) is 0.532. The number of carbonyl (C=O) groups is 4. The van der Waals surface area contributed by atoms with Crippen molar-refractivity contribution in [2.75, 3.05) is 13.1 Å². The Morgan fingerprint density at radius 2 is 2.00 bits per heavy atom. The second-order valence-corrected chi connectivity index (χ2v) is 8.35. The molecule has 3 rings (SSSR count). The van der Waals surface area contributed by atoms with Crippen LogP contribution in [0.5, 0.6) is 0 Å². The Bertz CT molecular complexity index is 781. The van der Waals surface area contributed by atoms with Crippen LogP contribution in [0.15, 0.2) is 10.6 Å². The van der Waals surface area contributed by atoms with Crippen LogP contribution in [-0.4, -0.2) is 52.9 Å². The van der Waals surface area contributed by atoms with Gasteiger partial charge in [0.25, 0.3) is 5.91 Å². The van der Waals surface area contributed by atoms with Crippen molar-refractivity contribution in [3.05, 3.63) is 17.5 Å². The van der Waals surface area contributed by atoms with Crippen molar-refractivity contribution >= 4 is 23.8 Å². The highest BCUT2D eigenvalue weighted by molar-refractivity contribution is 6.04. The first kappa shape index (κ1) is 21.8. The van der Waals surface area contributed by atoms with Crippen molar-refractivity contribution in [2.24, 2.45) is 11.8 Å². The lowest BCUT2D eigenvalue weighted by molar-refractivity contribution is -0.131. The number of amides is 5. The third-order valence-corrected chi connectivity index (χ3v) is 5.36. The minimum absolute atomic E-state index is 0.0269. The van der Waals surface area contributed by atoms with E-state index in [9.17, 15) is 19.2 Å². The van der Waals surface area contributed by atoms with Gasteiger partial charge in [0.1, 0.15) is 6.54 Å². The zero-order valence-corrected chi connectivity index (χ0v) is 17.4. The smallest absolute Gasteiger partial charge is 0.325 e. The van der Waals surface area contributed by atoms with E-state index >= 15 is 0 Å². The molecule has 1 aromatic rings. The maximum Gasteiger partial charge on any atom is 0.325 e. The molecule has 30 heavy (non-hydrogen) atoms. The minimum atomic E-state index is -0.543. The fourth-order valence-electron chi connectivity index (χ4n) is 3.80. The fourth-order valence-corrected chi connectivity index (χ4v) is 3.80. The van der Waals surface area contributed by atoms with Gasteiger partial charge in [-0.25, -0.2) is 4.79 Å². The molecule has 0 bridgehead atoms. The first-order chi connectivity index (χ1) is 14.3. The van der Waals surface area contributed by atoms with Crippen LogP contribution in [0.1, 0.15) is 51.0 Å². The Morgan fingerprint density at radius 3 is 2.63 bits per heavy atom. The van der Waals surface area contributed by atoms with Crippen molar-refractivity contribution in [3.8, 4) is 0 Å². The highest BCUT2D eigenvalue weighted by atomic mass is 16.5. The van der Waals surface area contributed by atoms with Gasteiger partial charge in [-0.1, -0.05) is 19.0 Å². The molecule has 0 unspecified atom stereocenters. The maximum atomic E-state index is 12.4. The summed E-state index contributed by atoms with van der Waals surface area (Å²) >= 11 is 0. The van der Waals surface area contributed by atoms with Gasteiger partial charge in [0.2, 0.25) is 11.8 Å². The van der Waals surface area contributed by atoms with Gasteiger partial charge in [-0.15, -0.1) is 0 Å². The molecule has 0 aromatic carbocycles. The van der Waals surface area contributed by atoms with Gasteiger partial charge < -0.3 is 20.5 Å². The highest BCUT2D eigenvalue weighted by Gasteiger charge is 2.32. The van der Waals surface area contributed by atoms with Crippen LogP contribution in [-0.2, 0) is 27.3 Å². The summed E-state index contributed by atoms with van der Waals surface area (Å²) in [6.45, 7) is 4.18. The SMILES string of the molecule is CC(C)Cc1cc(CNC(=O)C2CCC(NC(=O)CN3C(=O)CNC3=O)CC2)on1. The van der Waals surface area contributed by atoms with E-state index in [0.717, 1.165) is 17.0 Å². The van der Waals surface area contributed by atoms with E-state index in [1.807, 2.05) is 6.07 Å². The van der Waals surface area contributed by atoms with Gasteiger partial charge >= 0.3 is 6.03 Å². The van der Waals surface area contributed by atoms with Crippen LogP contribution in [0.25, 0.3) is 0 Å². The summed E-state index contributed by atoms with van der Waals surface area (Å²) in [4.78, 5) is 48.5. The highest BCUT2D eigenvalue weighted by Crippen LogP contribution is 2.24. The van der Waals surface area contributed by atoms with Crippen molar-refractivity contribution in [2.45, 2.75) is 58.5 Å². The van der Waals surface area contributed by atoms with Gasteiger partial charge in [0.05, 0.1) is 18.8 Å². The fraction of sp³-hybridized carbons (Fsp3) is 0.650. The molecule has 3 N–H and O–H groups in total. The summed E-state index contributed by atoms with van der Waals surface area (Å²) in [6, 6.07) is 1.27. The zero-order valence-electron chi connectivity index (χ0n) is 17.4.